The van der Waals surface area contributed by atoms with Crippen LogP contribution in [0, 0.1) is 0 Å². The van der Waals surface area contributed by atoms with Gasteiger partial charge in [-0.05, 0) is 69.3 Å². The van der Waals surface area contributed by atoms with Gasteiger partial charge in [0, 0.05) is 5.69 Å². The molecule has 1 aromatic heterocycles. The van der Waals surface area contributed by atoms with E-state index in [9.17, 15) is 4.79 Å². The topological polar surface area (TPSA) is 72.5 Å². The Morgan fingerprint density at radius 1 is 1.00 bits per heavy atom. The van der Waals surface area contributed by atoms with Crippen molar-refractivity contribution in [2.75, 3.05) is 17.2 Å². The second kappa shape index (κ2) is 9.59. The van der Waals surface area contributed by atoms with Crippen molar-refractivity contribution >= 4 is 23.0 Å². The SMILES string of the molecule is CCOc1ccc(NC(=O)c2ccc(Nc3ccccc3OC(C)C)cn2)cc1. The van der Waals surface area contributed by atoms with Crippen LogP contribution >= 0.6 is 0 Å². The molecule has 0 aliphatic heterocycles. The van der Waals surface area contributed by atoms with Gasteiger partial charge in [0.1, 0.15) is 17.2 Å². The monoisotopic (exact) mass is 391 g/mol. The Morgan fingerprint density at radius 2 is 1.72 bits per heavy atom. The van der Waals surface area contributed by atoms with E-state index in [0.717, 1.165) is 22.9 Å². The van der Waals surface area contributed by atoms with E-state index in [1.807, 2.05) is 63.2 Å². The van der Waals surface area contributed by atoms with Gasteiger partial charge in [-0.25, -0.2) is 4.98 Å². The summed E-state index contributed by atoms with van der Waals surface area (Å²) in [5, 5.41) is 6.11. The number of carbonyl (C=O) groups excluding carboxylic acids is 1. The fourth-order valence-corrected chi connectivity index (χ4v) is 2.68. The van der Waals surface area contributed by atoms with Crippen LogP contribution in [0.15, 0.2) is 66.9 Å². The summed E-state index contributed by atoms with van der Waals surface area (Å²) in [4.78, 5) is 16.7. The molecule has 1 amide bonds. The van der Waals surface area contributed by atoms with Crippen LogP contribution in [0.2, 0.25) is 0 Å². The molecule has 3 rings (SSSR count). The van der Waals surface area contributed by atoms with Gasteiger partial charge in [-0.1, -0.05) is 12.1 Å². The van der Waals surface area contributed by atoms with Crippen molar-refractivity contribution in [2.24, 2.45) is 0 Å². The lowest BCUT2D eigenvalue weighted by Crippen LogP contribution is -2.13. The Labute approximate surface area is 170 Å². The quantitative estimate of drug-likeness (QED) is 0.548. The smallest absolute Gasteiger partial charge is 0.274 e. The number of anilines is 3. The Kier molecular flexibility index (Phi) is 6.68. The van der Waals surface area contributed by atoms with Crippen LogP contribution in [0.4, 0.5) is 17.1 Å². The number of rotatable bonds is 8. The highest BCUT2D eigenvalue weighted by molar-refractivity contribution is 6.03. The molecule has 0 fully saturated rings. The molecule has 0 bridgehead atoms. The summed E-state index contributed by atoms with van der Waals surface area (Å²) < 4.78 is 11.2. The molecule has 0 aliphatic rings. The Balaban J connectivity index is 1.65. The zero-order valence-corrected chi connectivity index (χ0v) is 16.8. The molecule has 0 radical (unpaired) electrons. The standard InChI is InChI=1S/C23H25N3O3/c1-4-28-19-12-9-17(10-13-19)26-23(27)21-14-11-18(15-24-21)25-20-7-5-6-8-22(20)29-16(2)3/h5-16,25H,4H2,1-3H3,(H,26,27). The van der Waals surface area contributed by atoms with Gasteiger partial charge < -0.3 is 20.1 Å². The van der Waals surface area contributed by atoms with Crippen LogP contribution in [0.3, 0.4) is 0 Å². The number of hydrogen-bond acceptors (Lipinski definition) is 5. The van der Waals surface area contributed by atoms with Crippen LogP contribution < -0.4 is 20.1 Å². The summed E-state index contributed by atoms with van der Waals surface area (Å²) in [6.45, 7) is 6.49. The molecule has 6 nitrogen and oxygen atoms in total. The molecular formula is C23H25N3O3. The lowest BCUT2D eigenvalue weighted by molar-refractivity contribution is 0.102. The highest BCUT2D eigenvalue weighted by atomic mass is 16.5. The number of benzene rings is 2. The molecule has 0 spiro atoms. The minimum absolute atomic E-state index is 0.0738. The van der Waals surface area contributed by atoms with Crippen LogP contribution in [0.25, 0.3) is 0 Å². The van der Waals surface area contributed by atoms with Crippen molar-refractivity contribution in [2.45, 2.75) is 26.9 Å². The van der Waals surface area contributed by atoms with Gasteiger partial charge in [-0.2, -0.15) is 0 Å². The highest BCUT2D eigenvalue weighted by Gasteiger charge is 2.09. The van der Waals surface area contributed by atoms with E-state index in [4.69, 9.17) is 9.47 Å². The summed E-state index contributed by atoms with van der Waals surface area (Å²) in [5.74, 6) is 1.25. The molecular weight excluding hydrogens is 366 g/mol. The number of ether oxygens (including phenoxy) is 2. The third kappa shape index (κ3) is 5.72. The summed E-state index contributed by atoms with van der Waals surface area (Å²) >= 11 is 0. The fraction of sp³-hybridized carbons (Fsp3) is 0.217. The van der Waals surface area contributed by atoms with Crippen LogP contribution in [0.5, 0.6) is 11.5 Å². The average Bonchev–Trinajstić information content (AvgIpc) is 2.71. The van der Waals surface area contributed by atoms with E-state index < -0.39 is 0 Å². The number of nitrogens with zero attached hydrogens (tertiary/aromatic N) is 1. The minimum Gasteiger partial charge on any atom is -0.494 e. The van der Waals surface area contributed by atoms with Gasteiger partial charge in [0.2, 0.25) is 0 Å². The largest absolute Gasteiger partial charge is 0.494 e. The van der Waals surface area contributed by atoms with Gasteiger partial charge in [-0.15, -0.1) is 0 Å². The highest BCUT2D eigenvalue weighted by Crippen LogP contribution is 2.28. The number of amides is 1. The molecule has 0 saturated heterocycles. The van der Waals surface area contributed by atoms with E-state index in [2.05, 4.69) is 15.6 Å². The van der Waals surface area contributed by atoms with Crippen molar-refractivity contribution in [3.05, 3.63) is 72.6 Å². The first kappa shape index (κ1) is 20.2. The maximum absolute atomic E-state index is 12.4. The number of para-hydroxylation sites is 2. The second-order valence-corrected chi connectivity index (χ2v) is 6.63. The van der Waals surface area contributed by atoms with Crippen molar-refractivity contribution in [1.29, 1.82) is 0 Å². The van der Waals surface area contributed by atoms with Crippen molar-refractivity contribution in [3.8, 4) is 11.5 Å². The number of pyridine rings is 1. The maximum Gasteiger partial charge on any atom is 0.274 e. The Bertz CT molecular complexity index is 938. The zero-order chi connectivity index (χ0) is 20.6. The summed E-state index contributed by atoms with van der Waals surface area (Å²) in [6, 6.07) is 18.4. The summed E-state index contributed by atoms with van der Waals surface area (Å²) in [6.07, 6.45) is 1.70. The molecule has 3 aromatic rings. The molecule has 0 aliphatic carbocycles. The number of nitrogens with one attached hydrogen (secondary N) is 2. The second-order valence-electron chi connectivity index (χ2n) is 6.63. The van der Waals surface area contributed by atoms with E-state index in [-0.39, 0.29) is 12.0 Å². The summed E-state index contributed by atoms with van der Waals surface area (Å²) in [7, 11) is 0. The van der Waals surface area contributed by atoms with Crippen molar-refractivity contribution in [3.63, 3.8) is 0 Å². The van der Waals surface area contributed by atoms with Gasteiger partial charge in [-0.3, -0.25) is 4.79 Å². The molecule has 1 heterocycles. The predicted octanol–water partition coefficient (Wildman–Crippen LogP) is 5.26. The minimum atomic E-state index is -0.274. The third-order valence-electron chi connectivity index (χ3n) is 3.95. The molecule has 6 heteroatoms. The predicted molar refractivity (Wildman–Crippen MR) is 115 cm³/mol. The van der Waals surface area contributed by atoms with Gasteiger partial charge >= 0.3 is 0 Å². The fourth-order valence-electron chi connectivity index (χ4n) is 2.68. The molecule has 29 heavy (non-hydrogen) atoms. The molecule has 150 valence electrons. The van der Waals surface area contributed by atoms with Gasteiger partial charge in [0.15, 0.2) is 0 Å². The molecule has 2 N–H and O–H groups in total. The van der Waals surface area contributed by atoms with Crippen LogP contribution in [0.1, 0.15) is 31.3 Å². The van der Waals surface area contributed by atoms with Gasteiger partial charge in [0.05, 0.1) is 30.3 Å². The molecule has 2 aromatic carbocycles. The molecule has 0 atom stereocenters. The number of carbonyl (C=O) groups is 1. The van der Waals surface area contributed by atoms with Crippen molar-refractivity contribution < 1.29 is 14.3 Å². The first-order valence-corrected chi connectivity index (χ1v) is 9.58. The lowest BCUT2D eigenvalue weighted by Gasteiger charge is -2.15. The van der Waals surface area contributed by atoms with Crippen LogP contribution in [-0.2, 0) is 0 Å². The normalized spacial score (nSPS) is 10.5. The molecule has 0 saturated carbocycles. The Morgan fingerprint density at radius 3 is 2.38 bits per heavy atom. The first-order valence-electron chi connectivity index (χ1n) is 9.58. The maximum atomic E-state index is 12.4. The van der Waals surface area contributed by atoms with E-state index >= 15 is 0 Å². The van der Waals surface area contributed by atoms with Crippen molar-refractivity contribution in [1.82, 2.24) is 4.98 Å². The average molecular weight is 391 g/mol. The van der Waals surface area contributed by atoms with E-state index in [1.54, 1.807) is 24.4 Å². The van der Waals surface area contributed by atoms with Crippen LogP contribution in [-0.4, -0.2) is 23.6 Å². The zero-order valence-electron chi connectivity index (χ0n) is 16.8. The van der Waals surface area contributed by atoms with E-state index in [1.165, 1.54) is 0 Å². The number of hydrogen-bond donors (Lipinski definition) is 2. The number of aromatic nitrogens is 1. The Hall–Kier alpha value is -3.54. The van der Waals surface area contributed by atoms with Gasteiger partial charge in [0.25, 0.3) is 5.91 Å². The lowest BCUT2D eigenvalue weighted by atomic mass is 10.2. The molecule has 0 unspecified atom stereocenters. The third-order valence-corrected chi connectivity index (χ3v) is 3.95. The van der Waals surface area contributed by atoms with E-state index in [0.29, 0.717) is 18.0 Å². The summed E-state index contributed by atoms with van der Waals surface area (Å²) in [5.41, 5.74) is 2.62. The first-order chi connectivity index (χ1) is 14.0.